The second-order valence-corrected chi connectivity index (χ2v) is 3.69. The van der Waals surface area contributed by atoms with E-state index in [0.717, 1.165) is 5.92 Å². The van der Waals surface area contributed by atoms with Crippen LogP contribution in [-0.4, -0.2) is 24.5 Å². The van der Waals surface area contributed by atoms with Gasteiger partial charge in [-0.15, -0.1) is 0 Å². The van der Waals surface area contributed by atoms with E-state index in [-0.39, 0.29) is 0 Å². The van der Waals surface area contributed by atoms with Crippen molar-refractivity contribution in [3.8, 4) is 0 Å². The highest BCUT2D eigenvalue weighted by Crippen LogP contribution is 2.14. The fourth-order valence-corrected chi connectivity index (χ4v) is 1.88. The predicted molar refractivity (Wildman–Crippen MR) is 49.7 cm³/mol. The molecule has 1 saturated heterocycles. The average Bonchev–Trinajstić information content (AvgIpc) is 2.52. The molecule has 1 nitrogen and oxygen atoms in total. The number of hydrogen-bond donors (Lipinski definition) is 0. The Morgan fingerprint density at radius 1 is 1.09 bits per heavy atom. The fraction of sp³-hybridized carbons (Fsp3) is 1.00. The van der Waals surface area contributed by atoms with Crippen LogP contribution in [0, 0.1) is 5.92 Å². The zero-order valence-corrected chi connectivity index (χ0v) is 7.97. The van der Waals surface area contributed by atoms with Crippen molar-refractivity contribution in [2.24, 2.45) is 5.92 Å². The molecular formula is C10H21N. The third-order valence-corrected chi connectivity index (χ3v) is 2.87. The first-order valence-corrected chi connectivity index (χ1v) is 5.09. The molecule has 0 atom stereocenters. The van der Waals surface area contributed by atoms with Crippen LogP contribution in [-0.2, 0) is 0 Å². The van der Waals surface area contributed by atoms with Gasteiger partial charge in [0.2, 0.25) is 0 Å². The number of likely N-dealkylation sites (tertiary alicyclic amines) is 1. The molecule has 0 bridgehead atoms. The van der Waals surface area contributed by atoms with Crippen LogP contribution in [0.4, 0.5) is 0 Å². The Bertz CT molecular complexity index is 91.0. The van der Waals surface area contributed by atoms with Crippen LogP contribution in [0.2, 0.25) is 0 Å². The molecule has 1 fully saturated rings. The lowest BCUT2D eigenvalue weighted by Gasteiger charge is -2.20. The zero-order valence-electron chi connectivity index (χ0n) is 7.97. The molecule has 0 aromatic heterocycles. The van der Waals surface area contributed by atoms with Gasteiger partial charge in [0.05, 0.1) is 0 Å². The molecule has 1 heteroatoms. The molecule has 0 aromatic carbocycles. The average molecular weight is 155 g/mol. The molecule has 0 unspecified atom stereocenters. The van der Waals surface area contributed by atoms with E-state index >= 15 is 0 Å². The van der Waals surface area contributed by atoms with Crippen LogP contribution in [0.15, 0.2) is 0 Å². The van der Waals surface area contributed by atoms with Crippen LogP contribution in [0.25, 0.3) is 0 Å². The molecule has 0 aromatic rings. The van der Waals surface area contributed by atoms with Crippen molar-refractivity contribution in [2.75, 3.05) is 19.6 Å². The monoisotopic (exact) mass is 155 g/mol. The molecular weight excluding hydrogens is 134 g/mol. The fourth-order valence-electron chi connectivity index (χ4n) is 1.88. The minimum atomic E-state index is 0.952. The maximum Gasteiger partial charge on any atom is 0.000945 e. The standard InChI is InChI=1S/C10H21N/c1-3-10(4-2)9-11-7-5-6-8-11/h10H,3-9H2,1-2H3. The Morgan fingerprint density at radius 3 is 2.09 bits per heavy atom. The Balaban J connectivity index is 2.16. The molecule has 0 aliphatic carbocycles. The Morgan fingerprint density at radius 2 is 1.64 bits per heavy atom. The topological polar surface area (TPSA) is 3.24 Å². The molecule has 1 heterocycles. The quantitative estimate of drug-likeness (QED) is 0.603. The molecule has 11 heavy (non-hydrogen) atoms. The van der Waals surface area contributed by atoms with Gasteiger partial charge in [-0.25, -0.2) is 0 Å². The normalized spacial score (nSPS) is 19.9. The summed E-state index contributed by atoms with van der Waals surface area (Å²) in [4.78, 5) is 2.62. The zero-order chi connectivity index (χ0) is 8.10. The van der Waals surface area contributed by atoms with Crippen molar-refractivity contribution in [1.82, 2.24) is 4.90 Å². The molecule has 66 valence electrons. The summed E-state index contributed by atoms with van der Waals surface area (Å²) < 4.78 is 0. The van der Waals surface area contributed by atoms with Crippen molar-refractivity contribution in [3.05, 3.63) is 0 Å². The summed E-state index contributed by atoms with van der Waals surface area (Å²) in [6.07, 6.45) is 5.57. The third-order valence-electron chi connectivity index (χ3n) is 2.87. The van der Waals surface area contributed by atoms with Gasteiger partial charge in [-0.2, -0.15) is 0 Å². The summed E-state index contributed by atoms with van der Waals surface area (Å²) in [5, 5.41) is 0. The summed E-state index contributed by atoms with van der Waals surface area (Å²) in [6.45, 7) is 8.69. The van der Waals surface area contributed by atoms with E-state index in [4.69, 9.17) is 0 Å². The first-order chi connectivity index (χ1) is 5.36. The van der Waals surface area contributed by atoms with Crippen molar-refractivity contribution in [3.63, 3.8) is 0 Å². The number of hydrogen-bond acceptors (Lipinski definition) is 1. The molecule has 1 aliphatic rings. The molecule has 1 rings (SSSR count). The van der Waals surface area contributed by atoms with Gasteiger partial charge in [0.15, 0.2) is 0 Å². The van der Waals surface area contributed by atoms with Crippen LogP contribution in [0.1, 0.15) is 39.5 Å². The molecule has 0 radical (unpaired) electrons. The van der Waals surface area contributed by atoms with Gasteiger partial charge in [0.1, 0.15) is 0 Å². The summed E-state index contributed by atoms with van der Waals surface area (Å²) in [5.74, 6) is 0.952. The first-order valence-electron chi connectivity index (χ1n) is 5.09. The largest absolute Gasteiger partial charge is 0.303 e. The van der Waals surface area contributed by atoms with Gasteiger partial charge >= 0.3 is 0 Å². The summed E-state index contributed by atoms with van der Waals surface area (Å²) in [5.41, 5.74) is 0. The second-order valence-electron chi connectivity index (χ2n) is 3.69. The van der Waals surface area contributed by atoms with Crippen molar-refractivity contribution in [1.29, 1.82) is 0 Å². The molecule has 0 N–H and O–H groups in total. The van der Waals surface area contributed by atoms with Crippen molar-refractivity contribution < 1.29 is 0 Å². The van der Waals surface area contributed by atoms with E-state index in [1.807, 2.05) is 0 Å². The summed E-state index contributed by atoms with van der Waals surface area (Å²) >= 11 is 0. The van der Waals surface area contributed by atoms with Crippen molar-refractivity contribution in [2.45, 2.75) is 39.5 Å². The summed E-state index contributed by atoms with van der Waals surface area (Å²) in [7, 11) is 0. The summed E-state index contributed by atoms with van der Waals surface area (Å²) in [6, 6.07) is 0. The third kappa shape index (κ3) is 2.82. The first kappa shape index (κ1) is 9.05. The molecule has 0 spiro atoms. The molecule has 1 aliphatic heterocycles. The predicted octanol–water partition coefficient (Wildman–Crippen LogP) is 2.52. The van der Waals surface area contributed by atoms with Gasteiger partial charge < -0.3 is 4.90 Å². The van der Waals surface area contributed by atoms with Crippen LogP contribution >= 0.6 is 0 Å². The minimum absolute atomic E-state index is 0.952. The highest BCUT2D eigenvalue weighted by Gasteiger charge is 2.14. The van der Waals surface area contributed by atoms with Gasteiger partial charge in [-0.3, -0.25) is 0 Å². The van der Waals surface area contributed by atoms with E-state index in [1.54, 1.807) is 0 Å². The van der Waals surface area contributed by atoms with Crippen LogP contribution in [0.5, 0.6) is 0 Å². The lowest BCUT2D eigenvalue weighted by atomic mass is 10.0. The van der Waals surface area contributed by atoms with Gasteiger partial charge in [-0.05, 0) is 31.8 Å². The lowest BCUT2D eigenvalue weighted by Crippen LogP contribution is -2.25. The van der Waals surface area contributed by atoms with Crippen LogP contribution in [0.3, 0.4) is 0 Å². The molecule has 0 saturated carbocycles. The van der Waals surface area contributed by atoms with E-state index < -0.39 is 0 Å². The van der Waals surface area contributed by atoms with Gasteiger partial charge in [0.25, 0.3) is 0 Å². The lowest BCUT2D eigenvalue weighted by molar-refractivity contribution is 0.268. The smallest absolute Gasteiger partial charge is 0.000945 e. The number of nitrogens with zero attached hydrogens (tertiary/aromatic N) is 1. The van der Waals surface area contributed by atoms with Crippen LogP contribution < -0.4 is 0 Å². The highest BCUT2D eigenvalue weighted by atomic mass is 15.1. The highest BCUT2D eigenvalue weighted by molar-refractivity contribution is 4.69. The van der Waals surface area contributed by atoms with E-state index in [9.17, 15) is 0 Å². The Labute approximate surface area is 70.8 Å². The van der Waals surface area contributed by atoms with E-state index in [1.165, 1.54) is 45.3 Å². The van der Waals surface area contributed by atoms with E-state index in [0.29, 0.717) is 0 Å². The van der Waals surface area contributed by atoms with E-state index in [2.05, 4.69) is 18.7 Å². The SMILES string of the molecule is CCC(CC)CN1CCCC1. The number of rotatable bonds is 4. The molecule has 0 amide bonds. The Hall–Kier alpha value is -0.0400. The van der Waals surface area contributed by atoms with Gasteiger partial charge in [0, 0.05) is 6.54 Å². The second kappa shape index (κ2) is 4.76. The maximum atomic E-state index is 2.62. The minimum Gasteiger partial charge on any atom is -0.303 e. The maximum absolute atomic E-state index is 2.62. The van der Waals surface area contributed by atoms with Gasteiger partial charge in [-0.1, -0.05) is 26.7 Å². The van der Waals surface area contributed by atoms with Crippen molar-refractivity contribution >= 4 is 0 Å². The Kier molecular flexibility index (Phi) is 3.92.